The molecule has 0 bridgehead atoms. The molecule has 1 aliphatic heterocycles. The van der Waals surface area contributed by atoms with E-state index in [4.69, 9.17) is 5.11 Å². The molecule has 7 nitrogen and oxygen atoms in total. The molecule has 1 saturated carbocycles. The van der Waals surface area contributed by atoms with Crippen LogP contribution in [-0.2, 0) is 19.2 Å². The highest BCUT2D eigenvalue weighted by atomic mass is 16.4. The van der Waals surface area contributed by atoms with Crippen molar-refractivity contribution in [3.63, 3.8) is 0 Å². The highest BCUT2D eigenvalue weighted by molar-refractivity contribution is 6.07. The fourth-order valence-electron chi connectivity index (χ4n) is 3.46. The van der Waals surface area contributed by atoms with E-state index in [1.165, 1.54) is 0 Å². The summed E-state index contributed by atoms with van der Waals surface area (Å²) in [6.07, 6.45) is 3.54. The molecule has 128 valence electrons. The SMILES string of the molecule is CC(C)CC(NC(=O)CN1C(=O)C2CCCCC2C1=O)C(=O)O. The van der Waals surface area contributed by atoms with E-state index in [2.05, 4.69) is 5.32 Å². The first-order valence-electron chi connectivity index (χ1n) is 8.18. The van der Waals surface area contributed by atoms with E-state index in [1.807, 2.05) is 13.8 Å². The quantitative estimate of drug-likeness (QED) is 0.703. The number of rotatable bonds is 6. The van der Waals surface area contributed by atoms with Crippen molar-refractivity contribution in [2.24, 2.45) is 17.8 Å². The van der Waals surface area contributed by atoms with E-state index in [0.29, 0.717) is 19.3 Å². The Morgan fingerprint density at radius 2 is 1.70 bits per heavy atom. The van der Waals surface area contributed by atoms with Crippen LogP contribution in [0.1, 0.15) is 46.0 Å². The van der Waals surface area contributed by atoms with Gasteiger partial charge in [-0.15, -0.1) is 0 Å². The van der Waals surface area contributed by atoms with Gasteiger partial charge in [0.15, 0.2) is 0 Å². The van der Waals surface area contributed by atoms with E-state index >= 15 is 0 Å². The maximum Gasteiger partial charge on any atom is 0.326 e. The number of nitrogens with one attached hydrogen (secondary N) is 1. The third kappa shape index (κ3) is 3.89. The van der Waals surface area contributed by atoms with E-state index in [-0.39, 0.29) is 36.1 Å². The fraction of sp³-hybridized carbons (Fsp3) is 0.750. The predicted molar refractivity (Wildman–Crippen MR) is 81.2 cm³/mol. The third-order valence-corrected chi connectivity index (χ3v) is 4.57. The largest absolute Gasteiger partial charge is 0.480 e. The van der Waals surface area contributed by atoms with E-state index < -0.39 is 17.9 Å². The first-order valence-corrected chi connectivity index (χ1v) is 8.18. The molecule has 1 aliphatic carbocycles. The molecule has 0 spiro atoms. The van der Waals surface area contributed by atoms with Gasteiger partial charge in [-0.3, -0.25) is 19.3 Å². The van der Waals surface area contributed by atoms with Crippen molar-refractivity contribution in [3.05, 3.63) is 0 Å². The number of nitrogens with zero attached hydrogens (tertiary/aromatic N) is 1. The van der Waals surface area contributed by atoms with Gasteiger partial charge in [-0.2, -0.15) is 0 Å². The zero-order valence-corrected chi connectivity index (χ0v) is 13.6. The van der Waals surface area contributed by atoms with Gasteiger partial charge in [0.25, 0.3) is 0 Å². The molecule has 0 aromatic rings. The van der Waals surface area contributed by atoms with Gasteiger partial charge >= 0.3 is 5.97 Å². The second kappa shape index (κ2) is 7.10. The van der Waals surface area contributed by atoms with Gasteiger partial charge in [-0.1, -0.05) is 26.7 Å². The van der Waals surface area contributed by atoms with Gasteiger partial charge in [0.2, 0.25) is 17.7 Å². The molecule has 0 aromatic carbocycles. The molecule has 2 N–H and O–H groups in total. The van der Waals surface area contributed by atoms with E-state index in [9.17, 15) is 19.2 Å². The second-order valence-electron chi connectivity index (χ2n) is 6.85. The second-order valence-corrected chi connectivity index (χ2v) is 6.85. The van der Waals surface area contributed by atoms with E-state index in [0.717, 1.165) is 17.7 Å². The van der Waals surface area contributed by atoms with Crippen molar-refractivity contribution < 1.29 is 24.3 Å². The number of likely N-dealkylation sites (tertiary alicyclic amines) is 1. The Bertz CT molecular complexity index is 493. The van der Waals surface area contributed by atoms with E-state index in [1.54, 1.807) is 0 Å². The minimum atomic E-state index is -1.11. The highest BCUT2D eigenvalue weighted by Crippen LogP contribution is 2.37. The topological polar surface area (TPSA) is 104 Å². The zero-order valence-electron chi connectivity index (χ0n) is 13.6. The molecule has 0 aromatic heterocycles. The number of hydrogen-bond donors (Lipinski definition) is 2. The smallest absolute Gasteiger partial charge is 0.326 e. The zero-order chi connectivity index (χ0) is 17.1. The Morgan fingerprint density at radius 1 is 1.17 bits per heavy atom. The number of carbonyl (C=O) groups is 4. The van der Waals surface area contributed by atoms with Crippen LogP contribution >= 0.6 is 0 Å². The molecule has 2 rings (SSSR count). The molecule has 7 heteroatoms. The molecular weight excluding hydrogens is 300 g/mol. The summed E-state index contributed by atoms with van der Waals surface area (Å²) >= 11 is 0. The number of carboxylic acids is 1. The van der Waals surface area contributed by atoms with Crippen LogP contribution in [0.15, 0.2) is 0 Å². The minimum Gasteiger partial charge on any atom is -0.480 e. The van der Waals surface area contributed by atoms with Crippen molar-refractivity contribution in [1.29, 1.82) is 0 Å². The highest BCUT2D eigenvalue weighted by Gasteiger charge is 2.48. The average molecular weight is 324 g/mol. The molecule has 2 aliphatic rings. The average Bonchev–Trinajstić information content (AvgIpc) is 2.72. The van der Waals surface area contributed by atoms with Crippen molar-refractivity contribution in [2.75, 3.05) is 6.54 Å². The summed E-state index contributed by atoms with van der Waals surface area (Å²) in [7, 11) is 0. The summed E-state index contributed by atoms with van der Waals surface area (Å²) < 4.78 is 0. The first-order chi connectivity index (χ1) is 10.8. The monoisotopic (exact) mass is 324 g/mol. The lowest BCUT2D eigenvalue weighted by molar-refractivity contribution is -0.145. The van der Waals surface area contributed by atoms with Crippen LogP contribution < -0.4 is 5.32 Å². The molecule has 3 unspecified atom stereocenters. The number of hydrogen-bond acceptors (Lipinski definition) is 4. The van der Waals surface area contributed by atoms with Crippen LogP contribution in [0.4, 0.5) is 0 Å². The standard InChI is InChI=1S/C16H24N2O5/c1-9(2)7-12(16(22)23)17-13(19)8-18-14(20)10-5-3-4-6-11(10)15(18)21/h9-12H,3-8H2,1-2H3,(H,17,19)(H,22,23). The maximum atomic E-state index is 12.3. The summed E-state index contributed by atoms with van der Waals surface area (Å²) in [5, 5.41) is 11.6. The van der Waals surface area contributed by atoms with Crippen LogP contribution in [0, 0.1) is 17.8 Å². The molecular formula is C16H24N2O5. The van der Waals surface area contributed by atoms with Gasteiger partial charge in [0.05, 0.1) is 11.8 Å². The lowest BCUT2D eigenvalue weighted by Crippen LogP contribution is -2.47. The van der Waals surface area contributed by atoms with Crippen LogP contribution in [0.2, 0.25) is 0 Å². The molecule has 3 amide bonds. The number of carbonyl (C=O) groups excluding carboxylic acids is 3. The van der Waals surface area contributed by atoms with Crippen molar-refractivity contribution >= 4 is 23.7 Å². The molecule has 1 heterocycles. The summed E-state index contributed by atoms with van der Waals surface area (Å²) in [6, 6.07) is -1.00. The summed E-state index contributed by atoms with van der Waals surface area (Å²) in [5.74, 6) is -2.77. The Balaban J connectivity index is 1.98. The Kier molecular flexibility index (Phi) is 5.38. The number of carboxylic acid groups (broad SMARTS) is 1. The number of imide groups is 1. The van der Waals surface area contributed by atoms with Crippen molar-refractivity contribution in [2.45, 2.75) is 52.0 Å². The Labute approximate surface area is 135 Å². The number of aliphatic carboxylic acids is 1. The predicted octanol–water partition coefficient (Wildman–Crippen LogP) is 0.777. The molecule has 1 saturated heterocycles. The minimum absolute atomic E-state index is 0.106. The Morgan fingerprint density at radius 3 is 2.13 bits per heavy atom. The third-order valence-electron chi connectivity index (χ3n) is 4.57. The van der Waals surface area contributed by atoms with Crippen LogP contribution in [-0.4, -0.2) is 46.3 Å². The van der Waals surface area contributed by atoms with Crippen LogP contribution in [0.3, 0.4) is 0 Å². The molecule has 23 heavy (non-hydrogen) atoms. The summed E-state index contributed by atoms with van der Waals surface area (Å²) in [4.78, 5) is 48.8. The molecule has 2 fully saturated rings. The molecule has 3 atom stereocenters. The van der Waals surface area contributed by atoms with Gasteiger partial charge in [0, 0.05) is 0 Å². The summed E-state index contributed by atoms with van der Waals surface area (Å²) in [5.41, 5.74) is 0. The van der Waals surface area contributed by atoms with Crippen LogP contribution in [0.25, 0.3) is 0 Å². The number of fused-ring (bicyclic) bond motifs is 1. The van der Waals surface area contributed by atoms with Gasteiger partial charge in [-0.05, 0) is 25.2 Å². The lowest BCUT2D eigenvalue weighted by atomic mass is 9.81. The van der Waals surface area contributed by atoms with Crippen molar-refractivity contribution in [3.8, 4) is 0 Å². The van der Waals surface area contributed by atoms with Gasteiger partial charge < -0.3 is 10.4 Å². The summed E-state index contributed by atoms with van der Waals surface area (Å²) in [6.45, 7) is 3.34. The normalized spacial score (nSPS) is 25.4. The lowest BCUT2D eigenvalue weighted by Gasteiger charge is -2.19. The fourth-order valence-corrected chi connectivity index (χ4v) is 3.46. The van der Waals surface area contributed by atoms with Gasteiger partial charge in [-0.25, -0.2) is 4.79 Å². The maximum absolute atomic E-state index is 12.3. The van der Waals surface area contributed by atoms with Crippen LogP contribution in [0.5, 0.6) is 0 Å². The Hall–Kier alpha value is -1.92. The molecule has 0 radical (unpaired) electrons. The van der Waals surface area contributed by atoms with Crippen molar-refractivity contribution in [1.82, 2.24) is 10.2 Å². The number of amides is 3. The first kappa shape index (κ1) is 17.4. The van der Waals surface area contributed by atoms with Gasteiger partial charge in [0.1, 0.15) is 12.6 Å².